The summed E-state index contributed by atoms with van der Waals surface area (Å²) in [6.07, 6.45) is 6.74. The van der Waals surface area contributed by atoms with Gasteiger partial charge in [0.05, 0.1) is 6.10 Å². The van der Waals surface area contributed by atoms with Crippen molar-refractivity contribution in [2.75, 3.05) is 0 Å². The van der Waals surface area contributed by atoms with Gasteiger partial charge in [0.2, 0.25) is 0 Å². The van der Waals surface area contributed by atoms with E-state index in [9.17, 15) is 10.2 Å². The van der Waals surface area contributed by atoms with Gasteiger partial charge in [0.25, 0.3) is 0 Å². The molecule has 1 aromatic carbocycles. The number of aliphatic hydroxyl groups excluding tert-OH is 1. The Morgan fingerprint density at radius 2 is 2.05 bits per heavy atom. The Labute approximate surface area is 133 Å². The van der Waals surface area contributed by atoms with E-state index in [0.29, 0.717) is 23.5 Å². The number of aromatic hydroxyl groups is 1. The quantitative estimate of drug-likeness (QED) is 0.814. The monoisotopic (exact) mass is 300 g/mol. The first-order chi connectivity index (χ1) is 10.5. The van der Waals surface area contributed by atoms with E-state index in [1.54, 1.807) is 0 Å². The molecule has 0 spiro atoms. The van der Waals surface area contributed by atoms with Crippen LogP contribution in [0.5, 0.6) is 5.75 Å². The van der Waals surface area contributed by atoms with Crippen molar-refractivity contribution in [1.82, 2.24) is 0 Å². The third kappa shape index (κ3) is 1.89. The maximum absolute atomic E-state index is 10.5. The van der Waals surface area contributed by atoms with Crippen LogP contribution in [0.1, 0.15) is 63.0 Å². The molecule has 3 aliphatic rings. The maximum atomic E-state index is 10.5. The lowest BCUT2D eigenvalue weighted by molar-refractivity contribution is -0.0386. The third-order valence-electron chi connectivity index (χ3n) is 7.36. The summed E-state index contributed by atoms with van der Waals surface area (Å²) in [5, 5.41) is 20.4. The molecule has 2 fully saturated rings. The van der Waals surface area contributed by atoms with Crippen LogP contribution in [0.25, 0.3) is 0 Å². The number of hydrogen-bond donors (Lipinski definition) is 2. The predicted molar refractivity (Wildman–Crippen MR) is 87.9 cm³/mol. The zero-order valence-electron chi connectivity index (χ0n) is 13.8. The normalized spacial score (nSPS) is 43.3. The second-order valence-corrected chi connectivity index (χ2v) is 8.18. The van der Waals surface area contributed by atoms with Gasteiger partial charge in [-0.05, 0) is 84.5 Å². The Morgan fingerprint density at radius 3 is 2.82 bits per heavy atom. The summed E-state index contributed by atoms with van der Waals surface area (Å²) in [4.78, 5) is 0. The number of phenolic OH excluding ortho intramolecular Hbond substituents is 1. The van der Waals surface area contributed by atoms with Crippen molar-refractivity contribution >= 4 is 0 Å². The van der Waals surface area contributed by atoms with Gasteiger partial charge in [0.15, 0.2) is 0 Å². The van der Waals surface area contributed by atoms with Crippen LogP contribution in [0, 0.1) is 23.2 Å². The zero-order chi connectivity index (χ0) is 15.5. The molecule has 0 aliphatic heterocycles. The lowest BCUT2D eigenvalue weighted by Gasteiger charge is -2.53. The second kappa shape index (κ2) is 4.99. The summed E-state index contributed by atoms with van der Waals surface area (Å²) >= 11 is 0. The minimum atomic E-state index is -0.0998. The highest BCUT2D eigenvalue weighted by Gasteiger charge is 2.56. The predicted octanol–water partition coefficient (Wildman–Crippen LogP) is 4.25. The average Bonchev–Trinajstić information content (AvgIpc) is 2.81. The number of rotatable bonds is 1. The molecule has 1 aromatic rings. The van der Waals surface area contributed by atoms with Crippen LogP contribution >= 0.6 is 0 Å². The largest absolute Gasteiger partial charge is 0.508 e. The molecular weight excluding hydrogens is 272 g/mol. The lowest BCUT2D eigenvalue weighted by Crippen LogP contribution is -2.47. The van der Waals surface area contributed by atoms with Gasteiger partial charge in [0, 0.05) is 0 Å². The molecule has 120 valence electrons. The van der Waals surface area contributed by atoms with Crippen molar-refractivity contribution in [3.8, 4) is 5.75 Å². The van der Waals surface area contributed by atoms with Crippen LogP contribution in [0.15, 0.2) is 18.2 Å². The number of fused-ring (bicyclic) bond motifs is 5. The zero-order valence-corrected chi connectivity index (χ0v) is 13.8. The summed E-state index contributed by atoms with van der Waals surface area (Å²) in [6, 6.07) is 6.02. The van der Waals surface area contributed by atoms with E-state index in [1.807, 2.05) is 12.1 Å². The number of hydrogen-bond acceptors (Lipinski definition) is 2. The van der Waals surface area contributed by atoms with Crippen LogP contribution in [-0.2, 0) is 6.42 Å². The van der Waals surface area contributed by atoms with Crippen molar-refractivity contribution < 1.29 is 10.2 Å². The van der Waals surface area contributed by atoms with Crippen molar-refractivity contribution in [3.63, 3.8) is 0 Å². The number of benzene rings is 1. The SMILES string of the molecule is CC[C@@H]1Cc2cc(O)ccc2[C@H]2CC[C@]3(C)[C@@H](O)CC[C@H]3[C@H]12. The molecular formula is C20H28O2. The van der Waals surface area contributed by atoms with E-state index < -0.39 is 0 Å². The first-order valence-corrected chi connectivity index (χ1v) is 9.04. The smallest absolute Gasteiger partial charge is 0.115 e. The van der Waals surface area contributed by atoms with Crippen molar-refractivity contribution in [1.29, 1.82) is 0 Å². The lowest BCUT2D eigenvalue weighted by atomic mass is 9.52. The highest BCUT2D eigenvalue weighted by atomic mass is 16.3. The molecule has 0 unspecified atom stereocenters. The summed E-state index contributed by atoms with van der Waals surface area (Å²) in [5.74, 6) is 3.14. The Balaban J connectivity index is 1.77. The van der Waals surface area contributed by atoms with Crippen LogP contribution in [-0.4, -0.2) is 16.3 Å². The molecule has 2 heteroatoms. The van der Waals surface area contributed by atoms with E-state index in [4.69, 9.17) is 0 Å². The topological polar surface area (TPSA) is 40.5 Å². The summed E-state index contributed by atoms with van der Waals surface area (Å²) < 4.78 is 0. The molecule has 2 nitrogen and oxygen atoms in total. The number of aliphatic hydroxyl groups is 1. The highest BCUT2D eigenvalue weighted by molar-refractivity contribution is 5.40. The maximum Gasteiger partial charge on any atom is 0.115 e. The minimum Gasteiger partial charge on any atom is -0.508 e. The first-order valence-electron chi connectivity index (χ1n) is 9.04. The van der Waals surface area contributed by atoms with E-state index in [-0.39, 0.29) is 11.5 Å². The van der Waals surface area contributed by atoms with Gasteiger partial charge in [-0.15, -0.1) is 0 Å². The fraction of sp³-hybridized carbons (Fsp3) is 0.700. The average molecular weight is 300 g/mol. The molecule has 0 amide bonds. The third-order valence-corrected chi connectivity index (χ3v) is 7.36. The Bertz CT molecular complexity index is 581. The molecule has 0 aromatic heterocycles. The highest BCUT2D eigenvalue weighted by Crippen LogP contribution is 2.62. The molecule has 3 aliphatic carbocycles. The van der Waals surface area contributed by atoms with Crippen molar-refractivity contribution in [3.05, 3.63) is 29.3 Å². The second-order valence-electron chi connectivity index (χ2n) is 8.18. The molecule has 2 saturated carbocycles. The van der Waals surface area contributed by atoms with E-state index in [2.05, 4.69) is 19.9 Å². The van der Waals surface area contributed by atoms with E-state index in [0.717, 1.165) is 25.2 Å². The Hall–Kier alpha value is -1.02. The van der Waals surface area contributed by atoms with Crippen LogP contribution < -0.4 is 0 Å². The van der Waals surface area contributed by atoms with Crippen molar-refractivity contribution in [2.24, 2.45) is 23.2 Å². The van der Waals surface area contributed by atoms with Gasteiger partial charge >= 0.3 is 0 Å². The molecule has 0 bridgehead atoms. The minimum absolute atomic E-state index is 0.0998. The standard InChI is InChI=1S/C20H28O2/c1-3-12-10-13-11-14(21)4-5-15(13)16-8-9-20(2)17(19(12)16)6-7-18(20)22/h4-5,11-12,16-19,21-22H,3,6-10H2,1-2H3/t12-,16-,17+,18+,19-,20+/m1/s1. The summed E-state index contributed by atoms with van der Waals surface area (Å²) in [7, 11) is 0. The summed E-state index contributed by atoms with van der Waals surface area (Å²) in [6.45, 7) is 4.65. The fourth-order valence-electron chi connectivity index (χ4n) is 6.15. The van der Waals surface area contributed by atoms with E-state index in [1.165, 1.54) is 30.4 Å². The summed E-state index contributed by atoms with van der Waals surface area (Å²) in [5.41, 5.74) is 2.99. The van der Waals surface area contributed by atoms with Gasteiger partial charge in [-0.1, -0.05) is 26.3 Å². The Morgan fingerprint density at radius 1 is 1.23 bits per heavy atom. The molecule has 0 radical (unpaired) electrons. The van der Waals surface area contributed by atoms with Crippen molar-refractivity contribution in [2.45, 2.75) is 64.4 Å². The van der Waals surface area contributed by atoms with E-state index >= 15 is 0 Å². The van der Waals surface area contributed by atoms with Gasteiger partial charge < -0.3 is 10.2 Å². The van der Waals surface area contributed by atoms with Crippen LogP contribution in [0.4, 0.5) is 0 Å². The fourth-order valence-corrected chi connectivity index (χ4v) is 6.15. The van der Waals surface area contributed by atoms with Gasteiger partial charge in [-0.3, -0.25) is 0 Å². The van der Waals surface area contributed by atoms with Gasteiger partial charge in [-0.25, -0.2) is 0 Å². The molecule has 0 saturated heterocycles. The van der Waals surface area contributed by atoms with Crippen LogP contribution in [0.2, 0.25) is 0 Å². The van der Waals surface area contributed by atoms with Crippen LogP contribution in [0.3, 0.4) is 0 Å². The molecule has 2 N–H and O–H groups in total. The Kier molecular flexibility index (Phi) is 3.30. The number of phenols is 1. The molecule has 6 atom stereocenters. The van der Waals surface area contributed by atoms with Gasteiger partial charge in [0.1, 0.15) is 5.75 Å². The first kappa shape index (κ1) is 14.6. The molecule has 0 heterocycles. The molecule has 4 rings (SSSR count). The molecule has 22 heavy (non-hydrogen) atoms. The van der Waals surface area contributed by atoms with Gasteiger partial charge in [-0.2, -0.15) is 0 Å².